The van der Waals surface area contributed by atoms with Crippen LogP contribution in [0.1, 0.15) is 74.9 Å². The molecule has 1 N–H and O–H groups in total. The molecular weight excluding hydrogens is 917 g/mol. The van der Waals surface area contributed by atoms with E-state index in [9.17, 15) is 9.59 Å². The fraction of sp³-hybridized carbons (Fsp3) is 0.210. The normalized spacial score (nSPS) is 14.3. The molecule has 1 aliphatic heterocycles. The smallest absolute Gasteiger partial charge is 0.410 e. The summed E-state index contributed by atoms with van der Waals surface area (Å²) in [4.78, 5) is 44.6. The van der Waals surface area contributed by atoms with Crippen molar-refractivity contribution in [1.29, 1.82) is 0 Å². The molecule has 1 fully saturated rings. The molecule has 8 aromatic carbocycles. The van der Waals surface area contributed by atoms with E-state index >= 15 is 4.79 Å². The van der Waals surface area contributed by atoms with E-state index in [4.69, 9.17) is 28.4 Å². The second-order valence-electron chi connectivity index (χ2n) is 18.9. The standard InChI is InChI=1S/C62H58N2O9/c1-62(2,3)73-61(67)64-36-52(63-60(66)49-28-31-50(32-29-49)68-38-43-18-8-4-9-19-43)56(37-64)72-42-47-34-54(70-40-45-22-12-6-13-23-45)58(55(35-47)71-41-46-24-14-7-15-25-46)59(65)57-51-27-17-16-26-48(51)30-33-53(57)69-39-44-20-10-5-11-21-44/h4-35,52,56H,36-42H2,1-3H3,(H,63,66). The summed E-state index contributed by atoms with van der Waals surface area (Å²) in [6.45, 7) is 6.66. The second kappa shape index (κ2) is 23.2. The first-order valence-corrected chi connectivity index (χ1v) is 24.4. The van der Waals surface area contributed by atoms with E-state index in [1.54, 1.807) is 41.3 Å². The Labute approximate surface area is 426 Å². The van der Waals surface area contributed by atoms with Gasteiger partial charge in [-0.05, 0) is 102 Å². The van der Waals surface area contributed by atoms with Gasteiger partial charge in [0.05, 0.1) is 30.9 Å². The summed E-state index contributed by atoms with van der Waals surface area (Å²) in [5.74, 6) is 0.918. The van der Waals surface area contributed by atoms with Gasteiger partial charge in [-0.1, -0.05) is 152 Å². The molecule has 0 saturated carbocycles. The van der Waals surface area contributed by atoms with Crippen molar-refractivity contribution >= 4 is 28.6 Å². The van der Waals surface area contributed by atoms with E-state index in [0.717, 1.165) is 27.6 Å². The minimum Gasteiger partial charge on any atom is -0.489 e. The highest BCUT2D eigenvalue weighted by Gasteiger charge is 2.39. The van der Waals surface area contributed by atoms with Crippen LogP contribution >= 0.6 is 0 Å². The number of carbonyl (C=O) groups is 3. The lowest BCUT2D eigenvalue weighted by atomic mass is 9.94. The maximum Gasteiger partial charge on any atom is 0.410 e. The molecule has 2 atom stereocenters. The molecule has 0 aromatic heterocycles. The molecule has 1 saturated heterocycles. The molecular formula is C62H58N2O9. The molecule has 0 bridgehead atoms. The first-order chi connectivity index (χ1) is 35.5. The Hall–Kier alpha value is -8.41. The Morgan fingerprint density at radius 1 is 0.507 bits per heavy atom. The van der Waals surface area contributed by atoms with Crippen molar-refractivity contribution < 1.29 is 42.8 Å². The third-order valence-corrected chi connectivity index (χ3v) is 12.2. The lowest BCUT2D eigenvalue weighted by Gasteiger charge is -2.24. The van der Waals surface area contributed by atoms with Crippen molar-refractivity contribution in [2.45, 2.75) is 71.6 Å². The topological polar surface area (TPSA) is 122 Å². The van der Waals surface area contributed by atoms with Crippen molar-refractivity contribution in [3.05, 3.63) is 239 Å². The van der Waals surface area contributed by atoms with Crippen molar-refractivity contribution in [1.82, 2.24) is 10.2 Å². The summed E-state index contributed by atoms with van der Waals surface area (Å²) in [6, 6.07) is 60.5. The molecule has 0 spiro atoms. The number of likely N-dealkylation sites (tertiary alicyclic amines) is 1. The van der Waals surface area contributed by atoms with Crippen LogP contribution in [0.2, 0.25) is 0 Å². The summed E-state index contributed by atoms with van der Waals surface area (Å²) in [6.07, 6.45) is -1.18. The van der Waals surface area contributed by atoms with E-state index in [-0.39, 0.29) is 68.3 Å². The van der Waals surface area contributed by atoms with Gasteiger partial charge < -0.3 is 38.6 Å². The van der Waals surface area contributed by atoms with Gasteiger partial charge in [-0.2, -0.15) is 0 Å². The quantitative estimate of drug-likeness (QED) is 0.0789. The van der Waals surface area contributed by atoms with Gasteiger partial charge in [-0.25, -0.2) is 4.79 Å². The Kier molecular flexibility index (Phi) is 15.8. The average Bonchev–Trinajstić information content (AvgIpc) is 3.82. The Bertz CT molecular complexity index is 3060. The minimum atomic E-state index is -0.745. The number of hydrogen-bond donors (Lipinski definition) is 1. The predicted octanol–water partition coefficient (Wildman–Crippen LogP) is 12.3. The lowest BCUT2D eigenvalue weighted by molar-refractivity contribution is 0.0158. The molecule has 73 heavy (non-hydrogen) atoms. The number of benzene rings is 8. The van der Waals surface area contributed by atoms with Gasteiger partial charge in [0.1, 0.15) is 60.6 Å². The third kappa shape index (κ3) is 13.1. The van der Waals surface area contributed by atoms with E-state index < -0.39 is 23.8 Å². The number of ether oxygens (including phenoxy) is 6. The average molecular weight is 975 g/mol. The zero-order valence-corrected chi connectivity index (χ0v) is 41.2. The van der Waals surface area contributed by atoms with Gasteiger partial charge >= 0.3 is 6.09 Å². The molecule has 9 rings (SSSR count). The van der Waals surface area contributed by atoms with Crippen LogP contribution in [0, 0.1) is 0 Å². The first kappa shape index (κ1) is 49.6. The van der Waals surface area contributed by atoms with Crippen LogP contribution in [0.4, 0.5) is 4.79 Å². The highest BCUT2D eigenvalue weighted by molar-refractivity contribution is 6.20. The summed E-state index contributed by atoms with van der Waals surface area (Å²) in [5.41, 5.74) is 4.67. The lowest BCUT2D eigenvalue weighted by Crippen LogP contribution is -2.44. The van der Waals surface area contributed by atoms with Crippen LogP contribution in [0.3, 0.4) is 0 Å². The highest BCUT2D eigenvalue weighted by Crippen LogP contribution is 2.39. The summed E-state index contributed by atoms with van der Waals surface area (Å²) >= 11 is 0. The SMILES string of the molecule is CC(C)(C)OC(=O)N1CC(NC(=O)c2ccc(OCc3ccccc3)cc2)C(OCc2cc(OCc3ccccc3)c(C(=O)c3c(OCc4ccccc4)ccc4ccccc34)c(OCc3ccccc3)c2)C1. The number of nitrogens with zero attached hydrogens (tertiary/aromatic N) is 1. The number of hydrogen-bond acceptors (Lipinski definition) is 9. The second-order valence-corrected chi connectivity index (χ2v) is 18.9. The van der Waals surface area contributed by atoms with E-state index in [1.807, 2.05) is 178 Å². The molecule has 11 nitrogen and oxygen atoms in total. The number of carbonyl (C=O) groups excluding carboxylic acids is 3. The molecule has 1 heterocycles. The van der Waals surface area contributed by atoms with Crippen LogP contribution in [0.5, 0.6) is 23.0 Å². The Morgan fingerprint density at radius 2 is 1.00 bits per heavy atom. The van der Waals surface area contributed by atoms with Crippen LogP contribution in [-0.4, -0.2) is 53.5 Å². The largest absolute Gasteiger partial charge is 0.489 e. The van der Waals surface area contributed by atoms with Gasteiger partial charge in [0, 0.05) is 12.1 Å². The number of nitrogens with one attached hydrogen (secondary N) is 1. The number of rotatable bonds is 19. The molecule has 0 aliphatic carbocycles. The van der Waals surface area contributed by atoms with Crippen LogP contribution in [0.15, 0.2) is 194 Å². The fourth-order valence-electron chi connectivity index (χ4n) is 8.57. The van der Waals surface area contributed by atoms with Crippen LogP contribution in [-0.2, 0) is 42.5 Å². The summed E-state index contributed by atoms with van der Waals surface area (Å²) in [7, 11) is 0. The Balaban J connectivity index is 1.04. The van der Waals surface area contributed by atoms with E-state index in [2.05, 4.69) is 5.32 Å². The molecule has 370 valence electrons. The maximum atomic E-state index is 15.6. The van der Waals surface area contributed by atoms with E-state index in [0.29, 0.717) is 40.2 Å². The van der Waals surface area contributed by atoms with Gasteiger partial charge in [0.15, 0.2) is 0 Å². The van der Waals surface area contributed by atoms with Gasteiger partial charge in [-0.15, -0.1) is 0 Å². The first-order valence-electron chi connectivity index (χ1n) is 24.4. The van der Waals surface area contributed by atoms with Crippen LogP contribution < -0.4 is 24.3 Å². The number of ketones is 1. The van der Waals surface area contributed by atoms with Crippen LogP contribution in [0.25, 0.3) is 10.8 Å². The molecule has 1 aliphatic rings. The van der Waals surface area contributed by atoms with Crippen molar-refractivity contribution in [3.8, 4) is 23.0 Å². The summed E-state index contributed by atoms with van der Waals surface area (Å²) in [5, 5.41) is 4.71. The third-order valence-electron chi connectivity index (χ3n) is 12.2. The summed E-state index contributed by atoms with van der Waals surface area (Å²) < 4.78 is 38.3. The maximum absolute atomic E-state index is 15.6. The van der Waals surface area contributed by atoms with Crippen molar-refractivity contribution in [2.24, 2.45) is 0 Å². The van der Waals surface area contributed by atoms with Crippen molar-refractivity contribution in [2.75, 3.05) is 13.1 Å². The number of fused-ring (bicyclic) bond motifs is 1. The van der Waals surface area contributed by atoms with Gasteiger partial charge in [0.2, 0.25) is 5.78 Å². The molecule has 2 amide bonds. The molecule has 0 radical (unpaired) electrons. The fourth-order valence-corrected chi connectivity index (χ4v) is 8.57. The molecule has 11 heteroatoms. The van der Waals surface area contributed by atoms with Gasteiger partial charge in [-0.3, -0.25) is 9.59 Å². The monoisotopic (exact) mass is 974 g/mol. The van der Waals surface area contributed by atoms with Gasteiger partial charge in [0.25, 0.3) is 5.91 Å². The number of amides is 2. The van der Waals surface area contributed by atoms with Crippen molar-refractivity contribution in [3.63, 3.8) is 0 Å². The molecule has 8 aromatic rings. The molecule has 2 unspecified atom stereocenters. The Morgan fingerprint density at radius 3 is 1.53 bits per heavy atom. The zero-order chi connectivity index (χ0) is 50.6. The van der Waals surface area contributed by atoms with E-state index in [1.165, 1.54) is 0 Å². The highest BCUT2D eigenvalue weighted by atomic mass is 16.6. The zero-order valence-electron chi connectivity index (χ0n) is 41.2. The minimum absolute atomic E-state index is 0.00418. The predicted molar refractivity (Wildman–Crippen MR) is 281 cm³/mol.